The molecule has 1 saturated heterocycles. The van der Waals surface area contributed by atoms with Crippen molar-refractivity contribution in [2.24, 2.45) is 0 Å². The molecule has 1 aromatic heterocycles. The molecule has 0 spiro atoms. The van der Waals surface area contributed by atoms with Crippen molar-refractivity contribution in [3.63, 3.8) is 0 Å². The Balaban J connectivity index is 1.45. The van der Waals surface area contributed by atoms with Crippen molar-refractivity contribution in [3.8, 4) is 5.75 Å². The highest BCUT2D eigenvalue weighted by atomic mass is 32.1. The summed E-state index contributed by atoms with van der Waals surface area (Å²) in [5, 5.41) is 6.26. The van der Waals surface area contributed by atoms with Crippen LogP contribution in [-0.2, 0) is 12.8 Å². The molecule has 27 heavy (non-hydrogen) atoms. The number of thiazole rings is 1. The van der Waals surface area contributed by atoms with Crippen molar-refractivity contribution in [2.45, 2.75) is 26.7 Å². The Morgan fingerprint density at radius 1 is 1.22 bits per heavy atom. The molecule has 1 aromatic carbocycles. The van der Waals surface area contributed by atoms with Crippen LogP contribution in [0.2, 0.25) is 0 Å². The second-order valence-electron chi connectivity index (χ2n) is 6.44. The normalized spacial score (nSPS) is 14.3. The fourth-order valence-electron chi connectivity index (χ4n) is 3.18. The molecule has 0 saturated carbocycles. The molecule has 1 fully saturated rings. The molecule has 6 nitrogen and oxygen atoms in total. The Morgan fingerprint density at radius 2 is 2.00 bits per heavy atom. The molecule has 0 unspecified atom stereocenters. The maximum absolute atomic E-state index is 12.4. The number of carbonyl (C=O) groups excluding carboxylic acids is 1. The molecular weight excluding hydrogens is 360 g/mol. The highest BCUT2D eigenvalue weighted by Gasteiger charge is 2.22. The minimum absolute atomic E-state index is 0.0127. The third kappa shape index (κ3) is 5.13. The van der Waals surface area contributed by atoms with Crippen molar-refractivity contribution in [2.75, 3.05) is 44.2 Å². The summed E-state index contributed by atoms with van der Waals surface area (Å²) in [4.78, 5) is 21.1. The van der Waals surface area contributed by atoms with Crippen LogP contribution in [0.1, 0.15) is 24.5 Å². The van der Waals surface area contributed by atoms with Crippen LogP contribution in [0, 0.1) is 0 Å². The van der Waals surface area contributed by atoms with Crippen molar-refractivity contribution < 1.29 is 9.53 Å². The second-order valence-corrected chi connectivity index (χ2v) is 7.39. The number of aryl methyl sites for hydroxylation is 1. The van der Waals surface area contributed by atoms with Gasteiger partial charge in [0.05, 0.1) is 23.0 Å². The standard InChI is InChI=1S/C20H28N4O2S/c1-3-19-22-16(15-27-19)9-10-21-20(25)24-13-11-23(12-14-24)17-7-5-6-8-18(17)26-4-2/h5-8,15H,3-4,9-14H2,1-2H3,(H,21,25). The minimum atomic E-state index is 0.0127. The van der Waals surface area contributed by atoms with Gasteiger partial charge in [-0.2, -0.15) is 0 Å². The molecular formula is C20H28N4O2S. The number of amides is 2. The summed E-state index contributed by atoms with van der Waals surface area (Å²) in [5.74, 6) is 0.910. The molecule has 3 rings (SSSR count). The SMILES string of the molecule is CCOc1ccccc1N1CCN(C(=O)NCCc2csc(CC)n2)CC1. The first kappa shape index (κ1) is 19.5. The Bertz CT molecular complexity index is 741. The summed E-state index contributed by atoms with van der Waals surface area (Å²) in [6.45, 7) is 8.42. The highest BCUT2D eigenvalue weighted by molar-refractivity contribution is 7.09. The zero-order valence-electron chi connectivity index (χ0n) is 16.1. The van der Waals surface area contributed by atoms with Crippen LogP contribution in [0.5, 0.6) is 5.75 Å². The van der Waals surface area contributed by atoms with Crippen molar-refractivity contribution in [3.05, 3.63) is 40.3 Å². The number of benzene rings is 1. The lowest BCUT2D eigenvalue weighted by Gasteiger charge is -2.36. The van der Waals surface area contributed by atoms with Crippen molar-refractivity contribution in [1.82, 2.24) is 15.2 Å². The summed E-state index contributed by atoms with van der Waals surface area (Å²) in [6, 6.07) is 8.11. The maximum Gasteiger partial charge on any atom is 0.317 e. The van der Waals surface area contributed by atoms with E-state index in [1.807, 2.05) is 30.0 Å². The Hall–Kier alpha value is -2.28. The molecule has 0 radical (unpaired) electrons. The lowest BCUT2D eigenvalue weighted by atomic mass is 10.2. The minimum Gasteiger partial charge on any atom is -0.492 e. The number of aromatic nitrogens is 1. The van der Waals surface area contributed by atoms with Gasteiger partial charge < -0.3 is 19.9 Å². The molecule has 1 aliphatic heterocycles. The van der Waals surface area contributed by atoms with Crippen molar-refractivity contribution >= 4 is 23.1 Å². The lowest BCUT2D eigenvalue weighted by molar-refractivity contribution is 0.194. The number of nitrogens with one attached hydrogen (secondary N) is 1. The number of piperazine rings is 1. The third-order valence-electron chi connectivity index (χ3n) is 4.63. The number of urea groups is 1. The Labute approximate surface area is 165 Å². The second kappa shape index (κ2) is 9.60. The predicted octanol–water partition coefficient (Wildman–Crippen LogP) is 3.18. The van der Waals surface area contributed by atoms with Gasteiger partial charge in [-0.25, -0.2) is 9.78 Å². The van der Waals surface area contributed by atoms with Gasteiger partial charge in [-0.1, -0.05) is 19.1 Å². The zero-order chi connectivity index (χ0) is 19.1. The smallest absolute Gasteiger partial charge is 0.317 e. The molecule has 0 aliphatic carbocycles. The van der Waals surface area contributed by atoms with Gasteiger partial charge in [0.1, 0.15) is 5.75 Å². The quantitative estimate of drug-likeness (QED) is 0.791. The summed E-state index contributed by atoms with van der Waals surface area (Å²) in [5.41, 5.74) is 2.17. The average molecular weight is 389 g/mol. The molecule has 7 heteroatoms. The molecule has 146 valence electrons. The lowest BCUT2D eigenvalue weighted by Crippen LogP contribution is -2.52. The van der Waals surface area contributed by atoms with Crippen LogP contribution in [0.15, 0.2) is 29.6 Å². The van der Waals surface area contributed by atoms with E-state index in [2.05, 4.69) is 33.6 Å². The van der Waals surface area contributed by atoms with Gasteiger partial charge >= 0.3 is 6.03 Å². The van der Waals surface area contributed by atoms with Gasteiger partial charge in [0.2, 0.25) is 0 Å². The number of anilines is 1. The van der Waals surface area contributed by atoms with Crippen LogP contribution < -0.4 is 15.0 Å². The molecule has 2 heterocycles. The number of hydrogen-bond donors (Lipinski definition) is 1. The van der Waals surface area contributed by atoms with Crippen LogP contribution in [0.4, 0.5) is 10.5 Å². The van der Waals surface area contributed by atoms with E-state index in [0.717, 1.165) is 48.1 Å². The topological polar surface area (TPSA) is 57.7 Å². The number of para-hydroxylation sites is 2. The summed E-state index contributed by atoms with van der Waals surface area (Å²) in [7, 11) is 0. The van der Waals surface area contributed by atoms with Gasteiger partial charge in [-0.05, 0) is 25.5 Å². The summed E-state index contributed by atoms with van der Waals surface area (Å²) < 4.78 is 5.73. The van der Waals surface area contributed by atoms with Crippen LogP contribution in [0.25, 0.3) is 0 Å². The van der Waals surface area contributed by atoms with E-state index >= 15 is 0 Å². The van der Waals surface area contributed by atoms with Gasteiger partial charge in [-0.15, -0.1) is 11.3 Å². The van der Waals surface area contributed by atoms with E-state index in [1.165, 1.54) is 0 Å². The van der Waals surface area contributed by atoms with E-state index in [-0.39, 0.29) is 6.03 Å². The molecule has 1 N–H and O–H groups in total. The van der Waals surface area contributed by atoms with E-state index < -0.39 is 0 Å². The fourth-order valence-corrected chi connectivity index (χ4v) is 3.96. The van der Waals surface area contributed by atoms with E-state index in [0.29, 0.717) is 26.2 Å². The largest absolute Gasteiger partial charge is 0.492 e. The first-order valence-electron chi connectivity index (χ1n) is 9.64. The molecule has 2 aromatic rings. The number of nitrogens with zero attached hydrogens (tertiary/aromatic N) is 3. The number of rotatable bonds is 7. The van der Waals surface area contributed by atoms with Gasteiger partial charge in [0, 0.05) is 44.5 Å². The molecule has 0 bridgehead atoms. The predicted molar refractivity (Wildman–Crippen MR) is 110 cm³/mol. The Kier molecular flexibility index (Phi) is 6.92. The average Bonchev–Trinajstić information content (AvgIpc) is 3.17. The Morgan fingerprint density at radius 3 is 2.70 bits per heavy atom. The zero-order valence-corrected chi connectivity index (χ0v) is 16.9. The number of carbonyl (C=O) groups is 1. The number of hydrogen-bond acceptors (Lipinski definition) is 5. The monoisotopic (exact) mass is 388 g/mol. The van der Waals surface area contributed by atoms with Crippen LogP contribution in [0.3, 0.4) is 0 Å². The summed E-state index contributed by atoms with van der Waals surface area (Å²) in [6.07, 6.45) is 1.75. The van der Waals surface area contributed by atoms with E-state index in [1.54, 1.807) is 11.3 Å². The summed E-state index contributed by atoms with van der Waals surface area (Å²) >= 11 is 1.69. The van der Waals surface area contributed by atoms with Crippen molar-refractivity contribution in [1.29, 1.82) is 0 Å². The van der Waals surface area contributed by atoms with Gasteiger partial charge in [-0.3, -0.25) is 0 Å². The first-order valence-corrected chi connectivity index (χ1v) is 10.5. The highest BCUT2D eigenvalue weighted by Crippen LogP contribution is 2.28. The van der Waals surface area contributed by atoms with Crippen LogP contribution in [-0.4, -0.2) is 55.2 Å². The van der Waals surface area contributed by atoms with Crippen LogP contribution >= 0.6 is 11.3 Å². The van der Waals surface area contributed by atoms with Gasteiger partial charge in [0.15, 0.2) is 0 Å². The first-order chi connectivity index (χ1) is 13.2. The van der Waals surface area contributed by atoms with E-state index in [9.17, 15) is 4.79 Å². The fraction of sp³-hybridized carbons (Fsp3) is 0.500. The molecule has 1 aliphatic rings. The maximum atomic E-state index is 12.4. The van der Waals surface area contributed by atoms with E-state index in [4.69, 9.17) is 4.74 Å². The third-order valence-corrected chi connectivity index (χ3v) is 5.67. The van der Waals surface area contributed by atoms with Gasteiger partial charge in [0.25, 0.3) is 0 Å². The number of ether oxygens (including phenoxy) is 1. The molecule has 2 amide bonds. The molecule has 0 atom stereocenters.